The lowest BCUT2D eigenvalue weighted by molar-refractivity contribution is 0.0917. The second-order valence-corrected chi connectivity index (χ2v) is 7.12. The van der Waals surface area contributed by atoms with Crippen molar-refractivity contribution in [3.05, 3.63) is 20.3 Å². The van der Waals surface area contributed by atoms with Gasteiger partial charge in [0.25, 0.3) is 5.91 Å². The number of carbonyl (C=O) groups is 1. The summed E-state index contributed by atoms with van der Waals surface area (Å²) in [6.07, 6.45) is 2.12. The van der Waals surface area contributed by atoms with E-state index in [1.54, 1.807) is 0 Å². The van der Waals surface area contributed by atoms with Crippen LogP contribution in [-0.4, -0.2) is 36.5 Å². The van der Waals surface area contributed by atoms with Gasteiger partial charge in [-0.3, -0.25) is 4.79 Å². The third-order valence-corrected chi connectivity index (χ3v) is 5.59. The summed E-state index contributed by atoms with van der Waals surface area (Å²) < 4.78 is 1.05. The zero-order chi connectivity index (χ0) is 13.1. The molecule has 1 aromatic heterocycles. The number of carbonyl (C=O) groups excluding carboxylic acids is 1. The number of likely N-dealkylation sites (tertiary alicyclic amines) is 1. The topological polar surface area (TPSA) is 32.3 Å². The van der Waals surface area contributed by atoms with E-state index in [0.717, 1.165) is 46.7 Å². The van der Waals surface area contributed by atoms with Crippen LogP contribution in [0.2, 0.25) is 0 Å². The van der Waals surface area contributed by atoms with Crippen LogP contribution >= 0.6 is 27.3 Å². The van der Waals surface area contributed by atoms with Crippen molar-refractivity contribution >= 4 is 33.2 Å². The molecule has 2 rings (SSSR count). The van der Waals surface area contributed by atoms with Gasteiger partial charge in [0.05, 0.1) is 8.66 Å². The van der Waals surface area contributed by atoms with E-state index in [4.69, 9.17) is 0 Å². The van der Waals surface area contributed by atoms with Crippen molar-refractivity contribution in [3.63, 3.8) is 0 Å². The van der Waals surface area contributed by atoms with E-state index in [1.165, 1.54) is 11.3 Å². The molecule has 100 valence electrons. The van der Waals surface area contributed by atoms with Gasteiger partial charge in [-0.1, -0.05) is 6.92 Å². The highest BCUT2D eigenvalue weighted by atomic mass is 79.9. The lowest BCUT2D eigenvalue weighted by atomic mass is 10.1. The third kappa shape index (κ3) is 3.33. The summed E-state index contributed by atoms with van der Waals surface area (Å²) in [6, 6.07) is 2.28. The van der Waals surface area contributed by atoms with Gasteiger partial charge in [-0.05, 0) is 53.9 Å². The van der Waals surface area contributed by atoms with Crippen LogP contribution in [0, 0.1) is 6.92 Å². The van der Waals surface area contributed by atoms with Crippen LogP contribution in [-0.2, 0) is 0 Å². The molecule has 18 heavy (non-hydrogen) atoms. The standard InChI is InChI=1S/C13H19BrN2OS/c1-3-16-6-4-10(5-7-16)15-13(17)11-8-9(2)12(14)18-11/h8,10H,3-7H2,1-2H3,(H,15,17). The van der Waals surface area contributed by atoms with Crippen molar-refractivity contribution in [1.82, 2.24) is 10.2 Å². The number of nitrogens with zero attached hydrogens (tertiary/aromatic N) is 1. The fourth-order valence-corrected chi connectivity index (χ4v) is 3.66. The van der Waals surface area contributed by atoms with E-state index in [0.29, 0.717) is 6.04 Å². The molecule has 0 unspecified atom stereocenters. The zero-order valence-electron chi connectivity index (χ0n) is 10.8. The Morgan fingerprint density at radius 2 is 2.22 bits per heavy atom. The van der Waals surface area contributed by atoms with Gasteiger partial charge in [0, 0.05) is 19.1 Å². The number of hydrogen-bond donors (Lipinski definition) is 1. The van der Waals surface area contributed by atoms with Gasteiger partial charge >= 0.3 is 0 Å². The third-order valence-electron chi connectivity index (χ3n) is 3.45. The molecule has 1 aliphatic heterocycles. The number of aryl methyl sites for hydroxylation is 1. The summed E-state index contributed by atoms with van der Waals surface area (Å²) >= 11 is 4.97. The molecule has 0 saturated carbocycles. The van der Waals surface area contributed by atoms with Crippen molar-refractivity contribution in [3.8, 4) is 0 Å². The van der Waals surface area contributed by atoms with Gasteiger partial charge in [-0.25, -0.2) is 0 Å². The smallest absolute Gasteiger partial charge is 0.261 e. The quantitative estimate of drug-likeness (QED) is 0.923. The maximum absolute atomic E-state index is 12.1. The molecule has 0 bridgehead atoms. The number of thiophene rings is 1. The molecule has 0 atom stereocenters. The van der Waals surface area contributed by atoms with Gasteiger partial charge in [0.1, 0.15) is 0 Å². The molecule has 0 aromatic carbocycles. The van der Waals surface area contributed by atoms with E-state index in [2.05, 4.69) is 33.1 Å². The normalized spacial score (nSPS) is 17.9. The van der Waals surface area contributed by atoms with Crippen molar-refractivity contribution in [2.45, 2.75) is 32.7 Å². The van der Waals surface area contributed by atoms with Crippen molar-refractivity contribution in [2.24, 2.45) is 0 Å². The van der Waals surface area contributed by atoms with Crippen LogP contribution in [0.25, 0.3) is 0 Å². The first kappa shape index (κ1) is 14.0. The molecule has 2 heterocycles. The van der Waals surface area contributed by atoms with Gasteiger partial charge in [-0.15, -0.1) is 11.3 Å². The molecule has 1 N–H and O–H groups in total. The van der Waals surface area contributed by atoms with Gasteiger partial charge in [0.15, 0.2) is 0 Å². The molecule has 1 saturated heterocycles. The molecule has 0 spiro atoms. The molecule has 0 aliphatic carbocycles. The van der Waals surface area contributed by atoms with E-state index in [1.807, 2.05) is 13.0 Å². The predicted octanol–water partition coefficient (Wildman–Crippen LogP) is 3.03. The highest BCUT2D eigenvalue weighted by Gasteiger charge is 2.21. The first-order chi connectivity index (χ1) is 8.60. The maximum Gasteiger partial charge on any atom is 0.261 e. The van der Waals surface area contributed by atoms with Crippen molar-refractivity contribution in [2.75, 3.05) is 19.6 Å². The Hall–Kier alpha value is -0.390. The number of halogens is 1. The van der Waals surface area contributed by atoms with Crippen LogP contribution in [0.1, 0.15) is 35.0 Å². The Morgan fingerprint density at radius 1 is 1.56 bits per heavy atom. The summed E-state index contributed by atoms with van der Waals surface area (Å²) in [6.45, 7) is 7.49. The molecule has 0 radical (unpaired) electrons. The molecule has 1 amide bonds. The average Bonchev–Trinajstić information content (AvgIpc) is 2.71. The van der Waals surface area contributed by atoms with E-state index < -0.39 is 0 Å². The highest BCUT2D eigenvalue weighted by molar-refractivity contribution is 9.11. The molecule has 1 aromatic rings. The summed E-state index contributed by atoms with van der Waals surface area (Å²) in [5.41, 5.74) is 1.13. The number of hydrogen-bond acceptors (Lipinski definition) is 3. The number of rotatable bonds is 3. The fraction of sp³-hybridized carbons (Fsp3) is 0.615. The van der Waals surface area contributed by atoms with Crippen LogP contribution in [0.3, 0.4) is 0 Å². The van der Waals surface area contributed by atoms with Crippen LogP contribution in [0.15, 0.2) is 9.85 Å². The zero-order valence-corrected chi connectivity index (χ0v) is 13.2. The number of nitrogens with one attached hydrogen (secondary N) is 1. The molecular formula is C13H19BrN2OS. The fourth-order valence-electron chi connectivity index (χ4n) is 2.22. The van der Waals surface area contributed by atoms with E-state index in [-0.39, 0.29) is 5.91 Å². The van der Waals surface area contributed by atoms with Gasteiger partial charge in [0.2, 0.25) is 0 Å². The lowest BCUT2D eigenvalue weighted by Gasteiger charge is -2.31. The second kappa shape index (κ2) is 6.17. The summed E-state index contributed by atoms with van der Waals surface area (Å²) in [5.74, 6) is 0.0729. The Balaban J connectivity index is 1.88. The first-order valence-electron chi connectivity index (χ1n) is 6.39. The van der Waals surface area contributed by atoms with Crippen LogP contribution < -0.4 is 5.32 Å². The summed E-state index contributed by atoms with van der Waals surface area (Å²) in [7, 11) is 0. The monoisotopic (exact) mass is 330 g/mol. The molecular weight excluding hydrogens is 312 g/mol. The lowest BCUT2D eigenvalue weighted by Crippen LogP contribution is -2.44. The predicted molar refractivity (Wildman–Crippen MR) is 79.4 cm³/mol. The number of piperidine rings is 1. The SMILES string of the molecule is CCN1CCC(NC(=O)c2cc(C)c(Br)s2)CC1. The second-order valence-electron chi connectivity index (χ2n) is 4.75. The van der Waals surface area contributed by atoms with Gasteiger partial charge < -0.3 is 10.2 Å². The van der Waals surface area contributed by atoms with E-state index >= 15 is 0 Å². The number of amides is 1. The Morgan fingerprint density at radius 3 is 2.72 bits per heavy atom. The Kier molecular flexibility index (Phi) is 4.81. The summed E-state index contributed by atoms with van der Waals surface area (Å²) in [5, 5.41) is 3.14. The minimum atomic E-state index is 0.0729. The van der Waals surface area contributed by atoms with Crippen molar-refractivity contribution < 1.29 is 4.79 Å². The van der Waals surface area contributed by atoms with Gasteiger partial charge in [-0.2, -0.15) is 0 Å². The summed E-state index contributed by atoms with van der Waals surface area (Å²) in [4.78, 5) is 15.3. The highest BCUT2D eigenvalue weighted by Crippen LogP contribution is 2.27. The minimum absolute atomic E-state index is 0.0729. The maximum atomic E-state index is 12.1. The average molecular weight is 331 g/mol. The first-order valence-corrected chi connectivity index (χ1v) is 8.00. The molecule has 3 nitrogen and oxygen atoms in total. The van der Waals surface area contributed by atoms with Crippen molar-refractivity contribution in [1.29, 1.82) is 0 Å². The molecule has 1 aliphatic rings. The van der Waals surface area contributed by atoms with Crippen LogP contribution in [0.4, 0.5) is 0 Å². The Labute approximate surface area is 121 Å². The van der Waals surface area contributed by atoms with Crippen LogP contribution in [0.5, 0.6) is 0 Å². The Bertz CT molecular complexity index is 405. The largest absolute Gasteiger partial charge is 0.349 e. The molecule has 5 heteroatoms. The molecule has 1 fully saturated rings. The minimum Gasteiger partial charge on any atom is -0.349 e. The van der Waals surface area contributed by atoms with E-state index in [9.17, 15) is 4.79 Å².